The number of likely N-dealkylation sites (tertiary alicyclic amines) is 1. The van der Waals surface area contributed by atoms with E-state index in [2.05, 4.69) is 5.32 Å². The minimum Gasteiger partial charge on any atom is -0.355 e. The summed E-state index contributed by atoms with van der Waals surface area (Å²) in [7, 11) is 3.90. The molecular weight excluding hydrogens is 244 g/mol. The molecule has 0 aromatic heterocycles. The maximum absolute atomic E-state index is 12.0. The molecule has 0 radical (unpaired) electrons. The standard InChI is InChI=1S/C13H26N4O2/c1-16(2)9-5-12(18)17-8-3-4-11(10-17)13(19)15-7-6-14/h11H,3-10,14H2,1-2H3,(H,15,19). The summed E-state index contributed by atoms with van der Waals surface area (Å²) < 4.78 is 0. The molecule has 1 heterocycles. The van der Waals surface area contributed by atoms with Crippen LogP contribution in [0.5, 0.6) is 0 Å². The first-order chi connectivity index (χ1) is 9.04. The van der Waals surface area contributed by atoms with Crippen molar-refractivity contribution in [2.24, 2.45) is 11.7 Å². The van der Waals surface area contributed by atoms with E-state index in [0.29, 0.717) is 26.1 Å². The Morgan fingerprint density at radius 1 is 1.42 bits per heavy atom. The Hall–Kier alpha value is -1.14. The summed E-state index contributed by atoms with van der Waals surface area (Å²) in [6.07, 6.45) is 2.27. The fourth-order valence-corrected chi connectivity index (χ4v) is 2.23. The number of hydrogen-bond donors (Lipinski definition) is 2. The van der Waals surface area contributed by atoms with Gasteiger partial charge in [0.15, 0.2) is 0 Å². The van der Waals surface area contributed by atoms with Crippen molar-refractivity contribution in [1.29, 1.82) is 0 Å². The highest BCUT2D eigenvalue weighted by Gasteiger charge is 2.27. The number of rotatable bonds is 6. The van der Waals surface area contributed by atoms with Crippen LogP contribution in [0.1, 0.15) is 19.3 Å². The summed E-state index contributed by atoms with van der Waals surface area (Å²) in [5.74, 6) is 0.0872. The van der Waals surface area contributed by atoms with E-state index in [1.165, 1.54) is 0 Å². The lowest BCUT2D eigenvalue weighted by atomic mass is 9.97. The molecule has 3 N–H and O–H groups in total. The molecule has 0 saturated carbocycles. The summed E-state index contributed by atoms with van der Waals surface area (Å²) in [5.41, 5.74) is 5.37. The molecule has 0 aromatic carbocycles. The van der Waals surface area contributed by atoms with E-state index in [0.717, 1.165) is 25.9 Å². The summed E-state index contributed by atoms with van der Waals surface area (Å²) >= 11 is 0. The second-order valence-electron chi connectivity index (χ2n) is 5.31. The van der Waals surface area contributed by atoms with E-state index in [-0.39, 0.29) is 17.7 Å². The number of nitrogens with one attached hydrogen (secondary N) is 1. The molecule has 1 fully saturated rings. The summed E-state index contributed by atoms with van der Waals surface area (Å²) in [6, 6.07) is 0. The fourth-order valence-electron chi connectivity index (χ4n) is 2.23. The Morgan fingerprint density at radius 2 is 2.16 bits per heavy atom. The van der Waals surface area contributed by atoms with Gasteiger partial charge in [-0.3, -0.25) is 9.59 Å². The maximum Gasteiger partial charge on any atom is 0.224 e. The van der Waals surface area contributed by atoms with Crippen LogP contribution < -0.4 is 11.1 Å². The Balaban J connectivity index is 2.40. The average molecular weight is 270 g/mol. The number of carbonyl (C=O) groups excluding carboxylic acids is 2. The van der Waals surface area contributed by atoms with Gasteiger partial charge in [0.1, 0.15) is 0 Å². The molecule has 0 aliphatic carbocycles. The molecule has 1 aliphatic heterocycles. The van der Waals surface area contributed by atoms with Gasteiger partial charge < -0.3 is 20.9 Å². The van der Waals surface area contributed by atoms with Gasteiger partial charge >= 0.3 is 0 Å². The highest BCUT2D eigenvalue weighted by Crippen LogP contribution is 2.17. The first-order valence-electron chi connectivity index (χ1n) is 6.95. The third-order valence-electron chi connectivity index (χ3n) is 3.36. The van der Waals surface area contributed by atoms with Gasteiger partial charge in [-0.25, -0.2) is 0 Å². The summed E-state index contributed by atoms with van der Waals surface area (Å²) in [4.78, 5) is 27.7. The lowest BCUT2D eigenvalue weighted by molar-refractivity contribution is -0.135. The molecule has 19 heavy (non-hydrogen) atoms. The number of carbonyl (C=O) groups is 2. The second kappa shape index (κ2) is 8.12. The van der Waals surface area contributed by atoms with Crippen molar-refractivity contribution in [1.82, 2.24) is 15.1 Å². The lowest BCUT2D eigenvalue weighted by Gasteiger charge is -2.32. The normalized spacial score (nSPS) is 19.6. The van der Waals surface area contributed by atoms with Gasteiger partial charge in [0.2, 0.25) is 11.8 Å². The van der Waals surface area contributed by atoms with Gasteiger partial charge in [0, 0.05) is 39.1 Å². The molecule has 0 aromatic rings. The predicted octanol–water partition coefficient (Wildman–Crippen LogP) is -0.748. The van der Waals surface area contributed by atoms with Crippen LogP contribution in [0.15, 0.2) is 0 Å². The Bertz CT molecular complexity index is 307. The number of nitrogens with zero attached hydrogens (tertiary/aromatic N) is 2. The summed E-state index contributed by atoms with van der Waals surface area (Å²) in [6.45, 7) is 3.02. The van der Waals surface area contributed by atoms with E-state index in [1.807, 2.05) is 23.9 Å². The molecule has 6 nitrogen and oxygen atoms in total. The topological polar surface area (TPSA) is 78.7 Å². The Labute approximate surface area is 115 Å². The Kier molecular flexibility index (Phi) is 6.80. The van der Waals surface area contributed by atoms with E-state index in [4.69, 9.17) is 5.73 Å². The first kappa shape index (κ1) is 15.9. The lowest BCUT2D eigenvalue weighted by Crippen LogP contribution is -2.46. The molecule has 0 bridgehead atoms. The molecule has 2 amide bonds. The van der Waals surface area contributed by atoms with Crippen LogP contribution in [-0.4, -0.2) is 68.4 Å². The zero-order chi connectivity index (χ0) is 14.3. The number of piperidine rings is 1. The molecule has 1 aliphatic rings. The van der Waals surface area contributed by atoms with Gasteiger partial charge in [-0.15, -0.1) is 0 Å². The van der Waals surface area contributed by atoms with Crippen LogP contribution in [-0.2, 0) is 9.59 Å². The summed E-state index contributed by atoms with van der Waals surface area (Å²) in [5, 5.41) is 2.80. The minimum atomic E-state index is -0.0800. The third-order valence-corrected chi connectivity index (χ3v) is 3.36. The van der Waals surface area contributed by atoms with Crippen LogP contribution >= 0.6 is 0 Å². The van der Waals surface area contributed by atoms with E-state index < -0.39 is 0 Å². The van der Waals surface area contributed by atoms with Crippen molar-refractivity contribution in [3.05, 3.63) is 0 Å². The Morgan fingerprint density at radius 3 is 2.79 bits per heavy atom. The molecular formula is C13H26N4O2. The zero-order valence-corrected chi connectivity index (χ0v) is 12.0. The molecule has 1 rings (SSSR count). The van der Waals surface area contributed by atoms with Crippen LogP contribution in [0.2, 0.25) is 0 Å². The quantitative estimate of drug-likeness (QED) is 0.666. The van der Waals surface area contributed by atoms with E-state index in [1.54, 1.807) is 0 Å². The van der Waals surface area contributed by atoms with Crippen LogP contribution in [0.25, 0.3) is 0 Å². The van der Waals surface area contributed by atoms with Crippen molar-refractivity contribution in [2.75, 3.05) is 46.8 Å². The van der Waals surface area contributed by atoms with Crippen molar-refractivity contribution >= 4 is 11.8 Å². The van der Waals surface area contributed by atoms with Gasteiger partial charge in [-0.2, -0.15) is 0 Å². The minimum absolute atomic E-state index is 0.0237. The average Bonchev–Trinajstić information content (AvgIpc) is 2.42. The number of amides is 2. The van der Waals surface area contributed by atoms with Crippen molar-refractivity contribution in [3.63, 3.8) is 0 Å². The number of hydrogen-bond acceptors (Lipinski definition) is 4. The predicted molar refractivity (Wildman–Crippen MR) is 74.5 cm³/mol. The smallest absolute Gasteiger partial charge is 0.224 e. The van der Waals surface area contributed by atoms with Crippen molar-refractivity contribution < 1.29 is 9.59 Å². The molecule has 1 atom stereocenters. The fraction of sp³-hybridized carbons (Fsp3) is 0.846. The van der Waals surface area contributed by atoms with Gasteiger partial charge in [0.25, 0.3) is 0 Å². The highest BCUT2D eigenvalue weighted by molar-refractivity contribution is 5.81. The van der Waals surface area contributed by atoms with E-state index >= 15 is 0 Å². The van der Waals surface area contributed by atoms with Gasteiger partial charge in [0.05, 0.1) is 5.92 Å². The molecule has 1 saturated heterocycles. The zero-order valence-electron chi connectivity index (χ0n) is 12.0. The van der Waals surface area contributed by atoms with Crippen LogP contribution in [0, 0.1) is 5.92 Å². The van der Waals surface area contributed by atoms with Crippen LogP contribution in [0.3, 0.4) is 0 Å². The monoisotopic (exact) mass is 270 g/mol. The largest absolute Gasteiger partial charge is 0.355 e. The van der Waals surface area contributed by atoms with Crippen molar-refractivity contribution in [2.45, 2.75) is 19.3 Å². The van der Waals surface area contributed by atoms with Gasteiger partial charge in [-0.1, -0.05) is 0 Å². The molecule has 110 valence electrons. The number of nitrogens with two attached hydrogens (primary N) is 1. The van der Waals surface area contributed by atoms with E-state index in [9.17, 15) is 9.59 Å². The molecule has 0 spiro atoms. The highest BCUT2D eigenvalue weighted by atomic mass is 16.2. The molecule has 6 heteroatoms. The van der Waals surface area contributed by atoms with Crippen LogP contribution in [0.4, 0.5) is 0 Å². The van der Waals surface area contributed by atoms with Crippen molar-refractivity contribution in [3.8, 4) is 0 Å². The SMILES string of the molecule is CN(C)CCC(=O)N1CCCC(C(=O)NCCN)C1. The molecule has 1 unspecified atom stereocenters. The van der Waals surface area contributed by atoms with Gasteiger partial charge in [-0.05, 0) is 26.9 Å². The maximum atomic E-state index is 12.0. The third kappa shape index (κ3) is 5.57. The first-order valence-corrected chi connectivity index (χ1v) is 6.95. The second-order valence-corrected chi connectivity index (χ2v) is 5.31.